The summed E-state index contributed by atoms with van der Waals surface area (Å²) in [6, 6.07) is 3.69. The molecule has 1 aliphatic heterocycles. The monoisotopic (exact) mass is 265 g/mol. The van der Waals surface area contributed by atoms with Gasteiger partial charge in [-0.3, -0.25) is 9.59 Å². The lowest BCUT2D eigenvalue weighted by atomic mass is 9.99. The molecule has 1 saturated heterocycles. The van der Waals surface area contributed by atoms with Crippen molar-refractivity contribution in [3.05, 3.63) is 23.8 Å². The molecule has 102 valence electrons. The SMILES string of the molecule is CC1CN(C(=O)c2cc(O)ccc2O)CC1C(=O)O. The summed E-state index contributed by atoms with van der Waals surface area (Å²) in [7, 11) is 0. The van der Waals surface area contributed by atoms with E-state index in [1.165, 1.54) is 23.1 Å². The number of carbonyl (C=O) groups is 2. The van der Waals surface area contributed by atoms with Crippen molar-refractivity contribution < 1.29 is 24.9 Å². The molecular formula is C13H15NO5. The van der Waals surface area contributed by atoms with Gasteiger partial charge in [0.05, 0.1) is 11.5 Å². The number of hydrogen-bond donors (Lipinski definition) is 3. The third kappa shape index (κ3) is 2.47. The summed E-state index contributed by atoms with van der Waals surface area (Å²) in [4.78, 5) is 24.6. The molecule has 19 heavy (non-hydrogen) atoms. The quantitative estimate of drug-likeness (QED) is 0.690. The molecule has 1 amide bonds. The third-order valence-corrected chi connectivity index (χ3v) is 3.43. The van der Waals surface area contributed by atoms with E-state index in [1.807, 2.05) is 0 Å². The van der Waals surface area contributed by atoms with Crippen molar-refractivity contribution in [1.29, 1.82) is 0 Å². The molecular weight excluding hydrogens is 250 g/mol. The average Bonchev–Trinajstić information content (AvgIpc) is 2.74. The van der Waals surface area contributed by atoms with Gasteiger partial charge in [-0.1, -0.05) is 6.92 Å². The number of aliphatic carboxylic acids is 1. The van der Waals surface area contributed by atoms with Crippen LogP contribution in [-0.2, 0) is 4.79 Å². The number of carbonyl (C=O) groups excluding carboxylic acids is 1. The Morgan fingerprint density at radius 3 is 2.53 bits per heavy atom. The van der Waals surface area contributed by atoms with E-state index in [1.54, 1.807) is 6.92 Å². The van der Waals surface area contributed by atoms with Crippen LogP contribution in [0.1, 0.15) is 17.3 Å². The van der Waals surface area contributed by atoms with E-state index in [0.717, 1.165) is 0 Å². The fourth-order valence-corrected chi connectivity index (χ4v) is 2.32. The molecule has 1 aliphatic rings. The number of phenols is 2. The summed E-state index contributed by atoms with van der Waals surface area (Å²) in [6.07, 6.45) is 0. The van der Waals surface area contributed by atoms with Crippen molar-refractivity contribution in [3.63, 3.8) is 0 Å². The zero-order chi connectivity index (χ0) is 14.2. The van der Waals surface area contributed by atoms with E-state index in [4.69, 9.17) is 5.11 Å². The van der Waals surface area contributed by atoms with Crippen LogP contribution in [0.2, 0.25) is 0 Å². The Morgan fingerprint density at radius 2 is 1.95 bits per heavy atom. The smallest absolute Gasteiger partial charge is 0.308 e. The number of nitrogens with zero attached hydrogens (tertiary/aromatic N) is 1. The Kier molecular flexibility index (Phi) is 3.33. The molecule has 0 aliphatic carbocycles. The highest BCUT2D eigenvalue weighted by atomic mass is 16.4. The largest absolute Gasteiger partial charge is 0.508 e. The molecule has 3 N–H and O–H groups in total. The van der Waals surface area contributed by atoms with Crippen molar-refractivity contribution in [2.24, 2.45) is 11.8 Å². The number of hydrogen-bond acceptors (Lipinski definition) is 4. The zero-order valence-corrected chi connectivity index (χ0v) is 10.4. The van der Waals surface area contributed by atoms with E-state index in [9.17, 15) is 19.8 Å². The second kappa shape index (κ2) is 4.79. The number of benzene rings is 1. The van der Waals surface area contributed by atoms with Gasteiger partial charge < -0.3 is 20.2 Å². The number of aromatic hydroxyl groups is 2. The molecule has 1 fully saturated rings. The van der Waals surface area contributed by atoms with E-state index in [2.05, 4.69) is 0 Å². The van der Waals surface area contributed by atoms with Crippen molar-refractivity contribution in [1.82, 2.24) is 4.90 Å². The Hall–Kier alpha value is -2.24. The lowest BCUT2D eigenvalue weighted by Gasteiger charge is -2.16. The van der Waals surface area contributed by atoms with Crippen LogP contribution < -0.4 is 0 Å². The highest BCUT2D eigenvalue weighted by Crippen LogP contribution is 2.28. The maximum atomic E-state index is 12.2. The molecule has 1 aromatic carbocycles. The Labute approximate surface area is 109 Å². The highest BCUT2D eigenvalue weighted by molar-refractivity contribution is 5.97. The van der Waals surface area contributed by atoms with Gasteiger partial charge in [-0.15, -0.1) is 0 Å². The molecule has 0 radical (unpaired) electrons. The van der Waals surface area contributed by atoms with Gasteiger partial charge in [-0.2, -0.15) is 0 Å². The van der Waals surface area contributed by atoms with Gasteiger partial charge in [-0.25, -0.2) is 0 Å². The summed E-state index contributed by atoms with van der Waals surface area (Å²) in [5, 5.41) is 28.0. The third-order valence-electron chi connectivity index (χ3n) is 3.43. The first-order valence-corrected chi connectivity index (χ1v) is 5.94. The van der Waals surface area contributed by atoms with Gasteiger partial charge in [-0.05, 0) is 24.1 Å². The molecule has 2 rings (SSSR count). The minimum Gasteiger partial charge on any atom is -0.508 e. The first kappa shape index (κ1) is 13.2. The molecule has 2 unspecified atom stereocenters. The Balaban J connectivity index is 2.22. The predicted molar refractivity (Wildman–Crippen MR) is 66.0 cm³/mol. The fraction of sp³-hybridized carbons (Fsp3) is 0.385. The number of phenolic OH excluding ortho intramolecular Hbond substituents is 2. The van der Waals surface area contributed by atoms with Gasteiger partial charge >= 0.3 is 5.97 Å². The topological polar surface area (TPSA) is 98.1 Å². The lowest BCUT2D eigenvalue weighted by Crippen LogP contribution is -2.29. The summed E-state index contributed by atoms with van der Waals surface area (Å²) in [5.74, 6) is -2.48. The van der Waals surface area contributed by atoms with Crippen LogP contribution in [-0.4, -0.2) is 45.2 Å². The van der Waals surface area contributed by atoms with Crippen LogP contribution in [0.3, 0.4) is 0 Å². The minimum atomic E-state index is -0.928. The lowest BCUT2D eigenvalue weighted by molar-refractivity contribution is -0.142. The van der Waals surface area contributed by atoms with Crippen LogP contribution >= 0.6 is 0 Å². The van der Waals surface area contributed by atoms with E-state index in [-0.39, 0.29) is 29.5 Å². The number of amides is 1. The molecule has 0 spiro atoms. The van der Waals surface area contributed by atoms with Crippen LogP contribution in [0.4, 0.5) is 0 Å². The molecule has 0 bridgehead atoms. The van der Waals surface area contributed by atoms with Crippen molar-refractivity contribution in [2.75, 3.05) is 13.1 Å². The maximum absolute atomic E-state index is 12.2. The predicted octanol–water partition coefficient (Wildman–Crippen LogP) is 0.890. The fourth-order valence-electron chi connectivity index (χ4n) is 2.32. The first-order valence-electron chi connectivity index (χ1n) is 5.94. The summed E-state index contributed by atoms with van der Waals surface area (Å²) in [5.41, 5.74) is -0.0155. The van der Waals surface area contributed by atoms with Gasteiger partial charge in [0.15, 0.2) is 0 Å². The number of carboxylic acid groups (broad SMARTS) is 1. The normalized spacial score (nSPS) is 22.5. The molecule has 6 heteroatoms. The second-order valence-electron chi connectivity index (χ2n) is 4.83. The van der Waals surface area contributed by atoms with Crippen LogP contribution in [0.25, 0.3) is 0 Å². The molecule has 1 heterocycles. The second-order valence-corrected chi connectivity index (χ2v) is 4.83. The van der Waals surface area contributed by atoms with Crippen molar-refractivity contribution >= 4 is 11.9 Å². The molecule has 0 saturated carbocycles. The minimum absolute atomic E-state index is 0.0155. The van der Waals surface area contributed by atoms with Crippen molar-refractivity contribution in [3.8, 4) is 11.5 Å². The zero-order valence-electron chi connectivity index (χ0n) is 10.4. The Morgan fingerprint density at radius 1 is 1.26 bits per heavy atom. The van der Waals surface area contributed by atoms with E-state index >= 15 is 0 Å². The Bertz CT molecular complexity index is 528. The van der Waals surface area contributed by atoms with Gasteiger partial charge in [0.2, 0.25) is 0 Å². The summed E-state index contributed by atoms with van der Waals surface area (Å²) < 4.78 is 0. The molecule has 0 aromatic heterocycles. The van der Waals surface area contributed by atoms with Gasteiger partial charge in [0.25, 0.3) is 5.91 Å². The van der Waals surface area contributed by atoms with Crippen LogP contribution in [0.15, 0.2) is 18.2 Å². The molecule has 6 nitrogen and oxygen atoms in total. The standard InChI is InChI=1S/C13H15NO5/c1-7-5-14(6-10(7)13(18)19)12(17)9-4-8(15)2-3-11(9)16/h2-4,7,10,15-16H,5-6H2,1H3,(H,18,19). The van der Waals surface area contributed by atoms with Gasteiger partial charge in [0.1, 0.15) is 11.5 Å². The van der Waals surface area contributed by atoms with Crippen LogP contribution in [0, 0.1) is 11.8 Å². The first-order chi connectivity index (χ1) is 8.90. The van der Waals surface area contributed by atoms with E-state index in [0.29, 0.717) is 6.54 Å². The average molecular weight is 265 g/mol. The molecule has 2 atom stereocenters. The number of rotatable bonds is 2. The van der Waals surface area contributed by atoms with Gasteiger partial charge in [0, 0.05) is 13.1 Å². The molecule has 1 aromatic rings. The highest BCUT2D eigenvalue weighted by Gasteiger charge is 2.37. The van der Waals surface area contributed by atoms with Crippen LogP contribution in [0.5, 0.6) is 11.5 Å². The van der Waals surface area contributed by atoms with E-state index < -0.39 is 17.8 Å². The maximum Gasteiger partial charge on any atom is 0.308 e. The number of likely N-dealkylation sites (tertiary alicyclic amines) is 1. The summed E-state index contributed by atoms with van der Waals surface area (Å²) >= 11 is 0. The number of carboxylic acids is 1. The van der Waals surface area contributed by atoms with Crippen molar-refractivity contribution in [2.45, 2.75) is 6.92 Å². The summed E-state index contributed by atoms with van der Waals surface area (Å²) in [6.45, 7) is 2.21.